The number of ether oxygens (including phenoxy) is 1. The molecule has 0 fully saturated rings. The largest absolute Gasteiger partial charge is 0.497 e. The molecule has 0 amide bonds. The first-order valence-corrected chi connectivity index (χ1v) is 7.46. The summed E-state index contributed by atoms with van der Waals surface area (Å²) in [5.74, 6) is 2.85. The van der Waals surface area contributed by atoms with Gasteiger partial charge >= 0.3 is 0 Å². The molecule has 3 N–H and O–H groups in total. The lowest BCUT2D eigenvalue weighted by molar-refractivity contribution is 0.415. The number of hydrogen-bond donors (Lipinski definition) is 2. The summed E-state index contributed by atoms with van der Waals surface area (Å²) in [5.41, 5.74) is 7.63. The number of nitrogen functional groups attached to an aromatic ring is 1. The fraction of sp³-hybridized carbons (Fsp3) is 0.294. The summed E-state index contributed by atoms with van der Waals surface area (Å²) in [6, 6.07) is 7.51. The van der Waals surface area contributed by atoms with Crippen LogP contribution in [-0.2, 0) is 6.54 Å². The molecule has 0 spiro atoms. The fourth-order valence-corrected chi connectivity index (χ4v) is 2.60. The number of aromatic nitrogens is 2. The Kier molecular flexibility index (Phi) is 4.16. The Hall–Kier alpha value is -2.60. The molecule has 0 aliphatic heterocycles. The van der Waals surface area contributed by atoms with Crippen molar-refractivity contribution in [3.05, 3.63) is 47.6 Å². The number of nitrogens with two attached hydrogens (primary N) is 1. The number of methoxy groups -OCH3 is 1. The molecule has 3 rings (SSSR count). The van der Waals surface area contributed by atoms with E-state index in [9.17, 15) is 0 Å². The zero-order valence-corrected chi connectivity index (χ0v) is 13.5. The topological polar surface area (TPSA) is 86.2 Å². The number of furan rings is 1. The van der Waals surface area contributed by atoms with Gasteiger partial charge in [0.2, 0.25) is 0 Å². The third kappa shape index (κ3) is 3.12. The molecule has 6 nitrogen and oxygen atoms in total. The van der Waals surface area contributed by atoms with E-state index in [1.54, 1.807) is 19.4 Å². The Morgan fingerprint density at radius 3 is 2.91 bits per heavy atom. The zero-order valence-electron chi connectivity index (χ0n) is 13.5. The summed E-state index contributed by atoms with van der Waals surface area (Å²) in [6.45, 7) is 4.62. The van der Waals surface area contributed by atoms with Crippen LogP contribution in [0.25, 0.3) is 11.0 Å². The highest BCUT2D eigenvalue weighted by atomic mass is 16.5. The number of fused-ring (bicyclic) bond motifs is 1. The van der Waals surface area contributed by atoms with Gasteiger partial charge in [0.15, 0.2) is 0 Å². The van der Waals surface area contributed by atoms with Crippen molar-refractivity contribution in [3.63, 3.8) is 0 Å². The van der Waals surface area contributed by atoms with Gasteiger partial charge in [0.1, 0.15) is 28.7 Å². The molecule has 0 bridgehead atoms. The van der Waals surface area contributed by atoms with E-state index < -0.39 is 0 Å². The number of benzene rings is 1. The minimum atomic E-state index is 0.0263. The highest BCUT2D eigenvalue weighted by Gasteiger charge is 2.17. The molecule has 0 saturated carbocycles. The molecule has 1 aromatic carbocycles. The lowest BCUT2D eigenvalue weighted by Gasteiger charge is -2.11. The molecule has 0 unspecified atom stereocenters. The zero-order chi connectivity index (χ0) is 16.4. The molecule has 2 aromatic heterocycles. The summed E-state index contributed by atoms with van der Waals surface area (Å²) < 4.78 is 11.3. The van der Waals surface area contributed by atoms with Crippen molar-refractivity contribution < 1.29 is 9.15 Å². The first-order valence-electron chi connectivity index (χ1n) is 7.46. The van der Waals surface area contributed by atoms with Crippen molar-refractivity contribution in [3.8, 4) is 5.75 Å². The minimum Gasteiger partial charge on any atom is -0.497 e. The maximum atomic E-state index is 5.99. The van der Waals surface area contributed by atoms with Crippen molar-refractivity contribution in [2.24, 2.45) is 0 Å². The first-order chi connectivity index (χ1) is 11.1. The van der Waals surface area contributed by atoms with Crippen LogP contribution in [0, 0.1) is 6.92 Å². The number of rotatable bonds is 5. The van der Waals surface area contributed by atoms with Gasteiger partial charge in [-0.2, -0.15) is 0 Å². The molecule has 2 heterocycles. The average Bonchev–Trinajstić information content (AvgIpc) is 2.89. The van der Waals surface area contributed by atoms with Crippen LogP contribution in [0.15, 0.2) is 34.9 Å². The van der Waals surface area contributed by atoms with Crippen LogP contribution in [0.5, 0.6) is 5.75 Å². The summed E-state index contributed by atoms with van der Waals surface area (Å²) >= 11 is 0. The fourth-order valence-electron chi connectivity index (χ4n) is 2.60. The Morgan fingerprint density at radius 2 is 2.17 bits per heavy atom. The number of anilines is 1. The van der Waals surface area contributed by atoms with E-state index in [2.05, 4.69) is 22.2 Å². The van der Waals surface area contributed by atoms with Crippen LogP contribution in [0.4, 0.5) is 5.82 Å². The van der Waals surface area contributed by atoms with Gasteiger partial charge in [-0.15, -0.1) is 0 Å². The second kappa shape index (κ2) is 6.26. The van der Waals surface area contributed by atoms with Crippen LogP contribution in [-0.4, -0.2) is 17.1 Å². The highest BCUT2D eigenvalue weighted by molar-refractivity contribution is 5.83. The van der Waals surface area contributed by atoms with Crippen molar-refractivity contribution in [2.75, 3.05) is 12.8 Å². The van der Waals surface area contributed by atoms with E-state index in [1.165, 1.54) is 0 Å². The predicted molar refractivity (Wildman–Crippen MR) is 89.2 cm³/mol. The van der Waals surface area contributed by atoms with Crippen molar-refractivity contribution in [1.29, 1.82) is 0 Å². The van der Waals surface area contributed by atoms with Crippen LogP contribution >= 0.6 is 0 Å². The molecular formula is C17H20N4O2. The van der Waals surface area contributed by atoms with Gasteiger partial charge in [0.25, 0.3) is 0 Å². The normalized spacial score (nSPS) is 12.5. The summed E-state index contributed by atoms with van der Waals surface area (Å²) in [4.78, 5) is 8.38. The Morgan fingerprint density at radius 1 is 1.35 bits per heavy atom. The minimum absolute atomic E-state index is 0.0263. The van der Waals surface area contributed by atoms with E-state index in [0.717, 1.165) is 28.0 Å². The quantitative estimate of drug-likeness (QED) is 0.753. The molecular weight excluding hydrogens is 292 g/mol. The van der Waals surface area contributed by atoms with Crippen molar-refractivity contribution in [1.82, 2.24) is 15.3 Å². The second-order valence-electron chi connectivity index (χ2n) is 5.45. The third-order valence-corrected chi connectivity index (χ3v) is 3.87. The standard InChI is InChI=1S/C17H20N4O2/c1-10-13-8-12(22-3)4-5-14(13)23-17(10)11(2)20-9-16-19-7-6-15(18)21-16/h4-8,11,20H,9H2,1-3H3,(H2,18,19,21)/t11-/m1/s1. The van der Waals surface area contributed by atoms with E-state index in [0.29, 0.717) is 18.2 Å². The van der Waals surface area contributed by atoms with Crippen LogP contribution < -0.4 is 15.8 Å². The van der Waals surface area contributed by atoms with Gasteiger partial charge in [-0.05, 0) is 38.1 Å². The Balaban J connectivity index is 1.80. The molecule has 23 heavy (non-hydrogen) atoms. The molecule has 120 valence electrons. The molecule has 0 radical (unpaired) electrons. The van der Waals surface area contributed by atoms with Gasteiger partial charge in [0, 0.05) is 17.1 Å². The summed E-state index contributed by atoms with van der Waals surface area (Å²) in [5, 5.41) is 4.43. The van der Waals surface area contributed by atoms with Gasteiger partial charge < -0.3 is 20.2 Å². The van der Waals surface area contributed by atoms with Gasteiger partial charge in [-0.1, -0.05) is 0 Å². The third-order valence-electron chi connectivity index (χ3n) is 3.87. The van der Waals surface area contributed by atoms with Crippen molar-refractivity contribution in [2.45, 2.75) is 26.4 Å². The molecule has 3 aromatic rings. The number of aryl methyl sites for hydroxylation is 1. The second-order valence-corrected chi connectivity index (χ2v) is 5.45. The highest BCUT2D eigenvalue weighted by Crippen LogP contribution is 2.31. The molecule has 1 atom stereocenters. The summed E-state index contributed by atoms with van der Waals surface area (Å²) in [6.07, 6.45) is 1.66. The van der Waals surface area contributed by atoms with Gasteiger partial charge in [0.05, 0.1) is 19.7 Å². The smallest absolute Gasteiger partial charge is 0.144 e. The van der Waals surface area contributed by atoms with E-state index >= 15 is 0 Å². The maximum absolute atomic E-state index is 5.99. The van der Waals surface area contributed by atoms with Crippen LogP contribution in [0.3, 0.4) is 0 Å². The van der Waals surface area contributed by atoms with E-state index in [4.69, 9.17) is 14.9 Å². The van der Waals surface area contributed by atoms with Gasteiger partial charge in [-0.3, -0.25) is 0 Å². The predicted octanol–water partition coefficient (Wildman–Crippen LogP) is 2.97. The molecule has 0 aliphatic rings. The van der Waals surface area contributed by atoms with E-state index in [1.807, 2.05) is 25.1 Å². The maximum Gasteiger partial charge on any atom is 0.144 e. The van der Waals surface area contributed by atoms with E-state index in [-0.39, 0.29) is 6.04 Å². The van der Waals surface area contributed by atoms with Crippen LogP contribution in [0.2, 0.25) is 0 Å². The van der Waals surface area contributed by atoms with Crippen molar-refractivity contribution >= 4 is 16.8 Å². The monoisotopic (exact) mass is 312 g/mol. The number of nitrogens with one attached hydrogen (secondary N) is 1. The lowest BCUT2D eigenvalue weighted by Crippen LogP contribution is -2.20. The SMILES string of the molecule is COc1ccc2oc([C@@H](C)NCc3nccc(N)n3)c(C)c2c1. The lowest BCUT2D eigenvalue weighted by atomic mass is 10.1. The molecule has 0 aliphatic carbocycles. The Bertz CT molecular complexity index is 829. The van der Waals surface area contributed by atoms with Crippen LogP contribution in [0.1, 0.15) is 30.1 Å². The number of nitrogens with zero attached hydrogens (tertiary/aromatic N) is 2. The Labute approximate surface area is 134 Å². The van der Waals surface area contributed by atoms with Gasteiger partial charge in [-0.25, -0.2) is 9.97 Å². The molecule has 0 saturated heterocycles. The number of hydrogen-bond acceptors (Lipinski definition) is 6. The average molecular weight is 312 g/mol. The first kappa shape index (κ1) is 15.3. The summed E-state index contributed by atoms with van der Waals surface area (Å²) in [7, 11) is 1.66. The molecule has 6 heteroatoms.